The number of aromatic hydroxyl groups is 1. The molecule has 28 heavy (non-hydrogen) atoms. The fourth-order valence-corrected chi connectivity index (χ4v) is 4.40. The predicted octanol–water partition coefficient (Wildman–Crippen LogP) is 2.33. The number of phenolic OH excluding ortho intramolecular Hbond substituents is 1. The molecular weight excluding hydrogens is 594 g/mol. The van der Waals surface area contributed by atoms with E-state index < -0.39 is 35.5 Å². The summed E-state index contributed by atoms with van der Waals surface area (Å²) in [6.07, 6.45) is -0.137. The number of amides is 1. The van der Waals surface area contributed by atoms with Gasteiger partial charge in [0, 0.05) is 18.4 Å². The highest BCUT2D eigenvalue weighted by atomic mass is 127. The molecule has 1 rings (SSSR count). The number of hydrogen-bond donors (Lipinski definition) is 5. The lowest BCUT2D eigenvalue weighted by Crippen LogP contribution is -2.55. The van der Waals surface area contributed by atoms with Gasteiger partial charge in [-0.15, -0.1) is 0 Å². The van der Waals surface area contributed by atoms with Crippen molar-refractivity contribution >= 4 is 63.0 Å². The Bertz CT molecular complexity index is 725. The molecule has 0 fully saturated rings. The molecule has 10 heteroatoms. The van der Waals surface area contributed by atoms with Gasteiger partial charge in [-0.25, -0.2) is 4.79 Å². The SMILES string of the molecule is CC(C)(C)N[C@@H](CCC(=O)O)C(=O)N[C@@H](Cc1cc(I)c(O)c(I)c1)C(=O)O. The van der Waals surface area contributed by atoms with E-state index in [1.165, 1.54) is 0 Å². The topological polar surface area (TPSA) is 136 Å². The molecule has 1 aromatic carbocycles. The summed E-state index contributed by atoms with van der Waals surface area (Å²) in [6.45, 7) is 5.51. The molecule has 5 N–H and O–H groups in total. The summed E-state index contributed by atoms with van der Waals surface area (Å²) in [6, 6.07) is 1.31. The zero-order valence-corrected chi connectivity index (χ0v) is 20.1. The second-order valence-electron chi connectivity index (χ2n) is 7.39. The Morgan fingerprint density at radius 2 is 1.61 bits per heavy atom. The second kappa shape index (κ2) is 10.6. The van der Waals surface area contributed by atoms with Crippen LogP contribution >= 0.6 is 45.2 Å². The molecule has 0 radical (unpaired) electrons. The van der Waals surface area contributed by atoms with Gasteiger partial charge in [0.1, 0.15) is 11.8 Å². The van der Waals surface area contributed by atoms with Crippen molar-refractivity contribution in [3.63, 3.8) is 0 Å². The molecule has 1 amide bonds. The Kier molecular flexibility index (Phi) is 9.40. The van der Waals surface area contributed by atoms with E-state index in [0.29, 0.717) is 12.7 Å². The minimum atomic E-state index is -1.20. The Morgan fingerprint density at radius 3 is 2.04 bits per heavy atom. The van der Waals surface area contributed by atoms with Gasteiger partial charge in [-0.3, -0.25) is 9.59 Å². The monoisotopic (exact) mass is 618 g/mol. The van der Waals surface area contributed by atoms with Crippen LogP contribution in [0.1, 0.15) is 39.2 Å². The number of nitrogens with one attached hydrogen (secondary N) is 2. The molecule has 0 aliphatic heterocycles. The summed E-state index contributed by atoms with van der Waals surface area (Å²) < 4.78 is 1.17. The average molecular weight is 618 g/mol. The Labute approximate surface area is 190 Å². The minimum absolute atomic E-state index is 0.0362. The van der Waals surface area contributed by atoms with Crippen LogP contribution in [0.15, 0.2) is 12.1 Å². The third-order valence-corrected chi connectivity index (χ3v) is 5.35. The Balaban J connectivity index is 2.96. The lowest BCUT2D eigenvalue weighted by Gasteiger charge is -2.28. The number of benzene rings is 1. The maximum atomic E-state index is 12.7. The number of halogens is 2. The Hall–Kier alpha value is -1.15. The quantitative estimate of drug-likeness (QED) is 0.268. The van der Waals surface area contributed by atoms with Gasteiger partial charge in [-0.1, -0.05) is 0 Å². The van der Waals surface area contributed by atoms with Crippen LogP contribution in [0.5, 0.6) is 5.75 Å². The molecule has 0 heterocycles. The van der Waals surface area contributed by atoms with Crippen LogP contribution in [0.25, 0.3) is 0 Å². The van der Waals surface area contributed by atoms with Crippen LogP contribution in [0.4, 0.5) is 0 Å². The lowest BCUT2D eigenvalue weighted by atomic mass is 10.0. The minimum Gasteiger partial charge on any atom is -0.506 e. The number of carboxylic acids is 2. The number of carboxylic acid groups (broad SMARTS) is 2. The van der Waals surface area contributed by atoms with E-state index in [4.69, 9.17) is 5.11 Å². The molecule has 2 atom stereocenters. The van der Waals surface area contributed by atoms with E-state index in [1.807, 2.05) is 66.0 Å². The molecule has 0 saturated carbocycles. The van der Waals surface area contributed by atoms with Crippen LogP contribution in [-0.4, -0.2) is 50.8 Å². The number of aliphatic carboxylic acids is 2. The smallest absolute Gasteiger partial charge is 0.326 e. The molecule has 0 aliphatic carbocycles. The molecule has 0 saturated heterocycles. The van der Waals surface area contributed by atoms with Crippen LogP contribution in [0.2, 0.25) is 0 Å². The van der Waals surface area contributed by atoms with Gasteiger partial charge in [-0.2, -0.15) is 0 Å². The summed E-state index contributed by atoms with van der Waals surface area (Å²) in [7, 11) is 0. The van der Waals surface area contributed by atoms with Gasteiger partial charge in [-0.05, 0) is 90.1 Å². The van der Waals surface area contributed by atoms with Crippen molar-refractivity contribution in [2.45, 2.75) is 57.7 Å². The maximum absolute atomic E-state index is 12.7. The van der Waals surface area contributed by atoms with E-state index >= 15 is 0 Å². The predicted molar refractivity (Wildman–Crippen MR) is 120 cm³/mol. The van der Waals surface area contributed by atoms with Crippen LogP contribution in [0, 0.1) is 7.14 Å². The highest BCUT2D eigenvalue weighted by molar-refractivity contribution is 14.1. The molecule has 1 aromatic rings. The number of rotatable bonds is 9. The van der Waals surface area contributed by atoms with Gasteiger partial charge < -0.3 is 26.0 Å². The molecule has 0 unspecified atom stereocenters. The largest absolute Gasteiger partial charge is 0.506 e. The molecule has 156 valence electrons. The fourth-order valence-electron chi connectivity index (χ4n) is 2.50. The summed E-state index contributed by atoms with van der Waals surface area (Å²) in [4.78, 5) is 35.2. The summed E-state index contributed by atoms with van der Waals surface area (Å²) in [5.74, 6) is -2.66. The number of hydrogen-bond acceptors (Lipinski definition) is 5. The lowest BCUT2D eigenvalue weighted by molar-refractivity contribution is -0.142. The van der Waals surface area contributed by atoms with Gasteiger partial charge in [0.25, 0.3) is 0 Å². The van der Waals surface area contributed by atoms with Crippen molar-refractivity contribution in [2.75, 3.05) is 0 Å². The van der Waals surface area contributed by atoms with Gasteiger partial charge in [0.15, 0.2) is 0 Å². The summed E-state index contributed by atoms with van der Waals surface area (Å²) >= 11 is 3.90. The highest BCUT2D eigenvalue weighted by Gasteiger charge is 2.28. The van der Waals surface area contributed by atoms with E-state index in [0.717, 1.165) is 0 Å². The first-order valence-corrected chi connectivity index (χ1v) is 10.7. The molecule has 0 bridgehead atoms. The van der Waals surface area contributed by atoms with Crippen molar-refractivity contribution in [3.8, 4) is 5.75 Å². The van der Waals surface area contributed by atoms with Gasteiger partial charge in [0.2, 0.25) is 5.91 Å². The zero-order chi connectivity index (χ0) is 21.6. The van der Waals surface area contributed by atoms with Crippen molar-refractivity contribution in [1.29, 1.82) is 0 Å². The third kappa shape index (κ3) is 8.47. The van der Waals surface area contributed by atoms with Gasteiger partial charge in [0.05, 0.1) is 13.2 Å². The van der Waals surface area contributed by atoms with Crippen LogP contribution < -0.4 is 10.6 Å². The first-order chi connectivity index (χ1) is 12.8. The molecule has 0 spiro atoms. The first-order valence-electron chi connectivity index (χ1n) is 8.49. The van der Waals surface area contributed by atoms with Gasteiger partial charge >= 0.3 is 11.9 Å². The first kappa shape index (κ1) is 24.9. The van der Waals surface area contributed by atoms with Crippen molar-refractivity contribution < 1.29 is 29.7 Å². The van der Waals surface area contributed by atoms with E-state index in [9.17, 15) is 24.6 Å². The summed E-state index contributed by atoms with van der Waals surface area (Å²) in [5, 5.41) is 33.8. The molecule has 0 aromatic heterocycles. The summed E-state index contributed by atoms with van der Waals surface area (Å²) in [5.41, 5.74) is 0.202. The number of carbonyl (C=O) groups excluding carboxylic acids is 1. The average Bonchev–Trinajstić information content (AvgIpc) is 2.54. The van der Waals surface area contributed by atoms with Crippen molar-refractivity contribution in [2.24, 2.45) is 0 Å². The van der Waals surface area contributed by atoms with E-state index in [2.05, 4.69) is 10.6 Å². The van der Waals surface area contributed by atoms with Crippen molar-refractivity contribution in [3.05, 3.63) is 24.8 Å². The maximum Gasteiger partial charge on any atom is 0.326 e. The molecule has 0 aliphatic rings. The molecule has 8 nitrogen and oxygen atoms in total. The third-order valence-electron chi connectivity index (χ3n) is 3.70. The van der Waals surface area contributed by atoms with E-state index in [1.54, 1.807) is 12.1 Å². The number of phenols is 1. The Morgan fingerprint density at radius 1 is 1.07 bits per heavy atom. The standard InChI is InChI=1S/C18H24I2N2O6/c1-18(2,3)22-12(4-5-14(23)24)16(26)21-13(17(27)28)8-9-6-10(19)15(25)11(20)7-9/h6-7,12-13,22,25H,4-5,8H2,1-3H3,(H,21,26)(H,23,24)(H,27,28)/t12-,13-/m0/s1. The van der Waals surface area contributed by atoms with E-state index in [-0.39, 0.29) is 25.0 Å². The fraction of sp³-hybridized carbons (Fsp3) is 0.500. The highest BCUT2D eigenvalue weighted by Crippen LogP contribution is 2.27. The van der Waals surface area contributed by atoms with Crippen LogP contribution in [0.3, 0.4) is 0 Å². The van der Waals surface area contributed by atoms with Crippen molar-refractivity contribution in [1.82, 2.24) is 10.6 Å². The number of carbonyl (C=O) groups is 3. The molecular formula is C18H24I2N2O6. The normalized spacial score (nSPS) is 13.6. The zero-order valence-electron chi connectivity index (χ0n) is 15.8. The second-order valence-corrected chi connectivity index (χ2v) is 9.72. The van der Waals surface area contributed by atoms with Crippen LogP contribution in [-0.2, 0) is 20.8 Å².